The number of amides is 3. The molecule has 0 aliphatic carbocycles. The molecule has 0 spiro atoms. The predicted molar refractivity (Wildman–Crippen MR) is 106 cm³/mol. The lowest BCUT2D eigenvalue weighted by Gasteiger charge is -2.30. The van der Waals surface area contributed by atoms with Crippen LogP contribution in [-0.2, 0) is 9.59 Å². The zero-order valence-electron chi connectivity index (χ0n) is 13.8. The van der Waals surface area contributed by atoms with Crippen molar-refractivity contribution in [2.24, 2.45) is 11.0 Å². The SMILES string of the molecule is O=C(N/N=C\[C@@H]1C(=O)NC(=S)N(c2ccccc2)C1=O)c1ccccc1Cl. The fraction of sp³-hybridized carbons (Fsp3) is 0.0556. The summed E-state index contributed by atoms with van der Waals surface area (Å²) in [6.07, 6.45) is 1.06. The molecule has 0 saturated carbocycles. The molecule has 9 heteroatoms. The van der Waals surface area contributed by atoms with Gasteiger partial charge in [0.2, 0.25) is 5.91 Å². The molecule has 2 N–H and O–H groups in total. The first kappa shape index (κ1) is 18.7. The van der Waals surface area contributed by atoms with E-state index in [1.807, 2.05) is 0 Å². The van der Waals surface area contributed by atoms with Crippen LogP contribution in [0, 0.1) is 5.92 Å². The first-order valence-electron chi connectivity index (χ1n) is 7.81. The molecular formula is C18H13ClN4O3S. The fourth-order valence-corrected chi connectivity index (χ4v) is 2.94. The molecule has 136 valence electrons. The molecule has 1 saturated heterocycles. The quantitative estimate of drug-likeness (QED) is 0.356. The first-order valence-corrected chi connectivity index (χ1v) is 8.59. The number of nitrogens with zero attached hydrogens (tertiary/aromatic N) is 2. The number of para-hydroxylation sites is 1. The second kappa shape index (κ2) is 8.07. The van der Waals surface area contributed by atoms with Gasteiger partial charge in [0.1, 0.15) is 0 Å². The number of thiocarbonyl (C=S) groups is 1. The topological polar surface area (TPSA) is 90.9 Å². The number of hydrogen-bond donors (Lipinski definition) is 2. The minimum Gasteiger partial charge on any atom is -0.301 e. The average molecular weight is 401 g/mol. The van der Waals surface area contributed by atoms with E-state index in [9.17, 15) is 14.4 Å². The van der Waals surface area contributed by atoms with E-state index in [2.05, 4.69) is 15.8 Å². The largest absolute Gasteiger partial charge is 0.301 e. The predicted octanol–water partition coefficient (Wildman–Crippen LogP) is 2.12. The van der Waals surface area contributed by atoms with Crippen LogP contribution < -0.4 is 15.6 Å². The molecule has 0 aromatic heterocycles. The molecule has 3 rings (SSSR count). The van der Waals surface area contributed by atoms with Crippen molar-refractivity contribution in [3.05, 3.63) is 65.2 Å². The van der Waals surface area contributed by atoms with Crippen molar-refractivity contribution in [3.8, 4) is 0 Å². The third-order valence-corrected chi connectivity index (χ3v) is 4.34. The van der Waals surface area contributed by atoms with Crippen LogP contribution in [0.4, 0.5) is 5.69 Å². The summed E-state index contributed by atoms with van der Waals surface area (Å²) >= 11 is 11.0. The van der Waals surface area contributed by atoms with Crippen LogP contribution in [0.1, 0.15) is 10.4 Å². The van der Waals surface area contributed by atoms with Crippen molar-refractivity contribution in [2.75, 3.05) is 4.90 Å². The van der Waals surface area contributed by atoms with Gasteiger partial charge in [-0.15, -0.1) is 0 Å². The second-order valence-electron chi connectivity index (χ2n) is 5.48. The maximum Gasteiger partial charge on any atom is 0.272 e. The molecule has 3 amide bonds. The number of carbonyl (C=O) groups excluding carboxylic acids is 3. The highest BCUT2D eigenvalue weighted by atomic mass is 35.5. The Kier molecular flexibility index (Phi) is 5.58. The molecule has 0 bridgehead atoms. The van der Waals surface area contributed by atoms with Gasteiger partial charge in [0.25, 0.3) is 11.8 Å². The Balaban J connectivity index is 1.75. The van der Waals surface area contributed by atoms with E-state index < -0.39 is 23.6 Å². The summed E-state index contributed by atoms with van der Waals surface area (Å²) in [7, 11) is 0. The lowest BCUT2D eigenvalue weighted by molar-refractivity contribution is -0.130. The van der Waals surface area contributed by atoms with Crippen molar-refractivity contribution in [1.82, 2.24) is 10.7 Å². The fourth-order valence-electron chi connectivity index (χ4n) is 2.42. The number of carbonyl (C=O) groups is 3. The molecule has 1 heterocycles. The zero-order valence-corrected chi connectivity index (χ0v) is 15.3. The Bertz CT molecular complexity index is 949. The maximum atomic E-state index is 12.7. The Labute approximate surface area is 165 Å². The number of benzene rings is 2. The Morgan fingerprint density at radius 2 is 1.81 bits per heavy atom. The standard InChI is InChI=1S/C18H13ClN4O3S/c19-14-9-5-4-8-12(14)16(25)22-20-10-13-15(24)21-18(27)23(17(13)26)11-6-2-1-3-7-11/h1-10,13H,(H,22,25)(H,21,24,27)/b20-10-/t13-/m1/s1. The summed E-state index contributed by atoms with van der Waals surface area (Å²) in [4.78, 5) is 38.1. The van der Waals surface area contributed by atoms with Crippen molar-refractivity contribution in [2.45, 2.75) is 0 Å². The van der Waals surface area contributed by atoms with Crippen LogP contribution in [0.5, 0.6) is 0 Å². The maximum absolute atomic E-state index is 12.7. The lowest BCUT2D eigenvalue weighted by atomic mass is 10.1. The highest BCUT2D eigenvalue weighted by Gasteiger charge is 2.38. The van der Waals surface area contributed by atoms with E-state index in [1.54, 1.807) is 48.5 Å². The summed E-state index contributed by atoms with van der Waals surface area (Å²) in [6.45, 7) is 0. The molecule has 1 fully saturated rings. The van der Waals surface area contributed by atoms with E-state index in [1.165, 1.54) is 11.0 Å². The van der Waals surface area contributed by atoms with Gasteiger partial charge in [0.15, 0.2) is 11.0 Å². The Hall–Kier alpha value is -3.10. The molecular weight excluding hydrogens is 388 g/mol. The van der Waals surface area contributed by atoms with Crippen LogP contribution >= 0.6 is 23.8 Å². The van der Waals surface area contributed by atoms with Gasteiger partial charge in [-0.2, -0.15) is 5.10 Å². The molecule has 1 aliphatic rings. The summed E-state index contributed by atoms with van der Waals surface area (Å²) < 4.78 is 0. The first-order chi connectivity index (χ1) is 13.0. The summed E-state index contributed by atoms with van der Waals surface area (Å²) in [5.74, 6) is -2.97. The molecule has 7 nitrogen and oxygen atoms in total. The molecule has 2 aromatic carbocycles. The van der Waals surface area contributed by atoms with Crippen molar-refractivity contribution >= 4 is 58.6 Å². The van der Waals surface area contributed by atoms with Gasteiger partial charge < -0.3 is 5.32 Å². The van der Waals surface area contributed by atoms with Crippen molar-refractivity contribution in [3.63, 3.8) is 0 Å². The van der Waals surface area contributed by atoms with Gasteiger partial charge in [-0.05, 0) is 36.5 Å². The number of rotatable bonds is 4. The normalized spacial score (nSPS) is 17.1. The smallest absolute Gasteiger partial charge is 0.272 e. The van der Waals surface area contributed by atoms with Crippen LogP contribution in [0.25, 0.3) is 0 Å². The van der Waals surface area contributed by atoms with Crippen LogP contribution in [0.3, 0.4) is 0 Å². The van der Waals surface area contributed by atoms with Gasteiger partial charge in [0, 0.05) is 6.21 Å². The van der Waals surface area contributed by atoms with Crippen LogP contribution in [-0.4, -0.2) is 29.0 Å². The molecule has 2 aromatic rings. The summed E-state index contributed by atoms with van der Waals surface area (Å²) in [6, 6.07) is 15.1. The van der Waals surface area contributed by atoms with Gasteiger partial charge in [-0.25, -0.2) is 5.43 Å². The van der Waals surface area contributed by atoms with E-state index in [4.69, 9.17) is 23.8 Å². The molecule has 0 unspecified atom stereocenters. The number of anilines is 1. The van der Waals surface area contributed by atoms with E-state index in [0.717, 1.165) is 6.21 Å². The van der Waals surface area contributed by atoms with Crippen LogP contribution in [0.2, 0.25) is 5.02 Å². The van der Waals surface area contributed by atoms with Crippen molar-refractivity contribution in [1.29, 1.82) is 0 Å². The monoisotopic (exact) mass is 400 g/mol. The molecule has 1 aliphatic heterocycles. The third kappa shape index (κ3) is 4.02. The van der Waals surface area contributed by atoms with Crippen molar-refractivity contribution < 1.29 is 14.4 Å². The van der Waals surface area contributed by atoms with Gasteiger partial charge in [-0.1, -0.05) is 41.9 Å². The lowest BCUT2D eigenvalue weighted by Crippen LogP contribution is -2.58. The number of hydrogen-bond acceptors (Lipinski definition) is 5. The van der Waals surface area contributed by atoms with E-state index in [-0.39, 0.29) is 15.7 Å². The van der Waals surface area contributed by atoms with Gasteiger partial charge in [-0.3, -0.25) is 19.3 Å². The summed E-state index contributed by atoms with van der Waals surface area (Å²) in [5.41, 5.74) is 3.00. The minimum absolute atomic E-state index is 0.0130. The Morgan fingerprint density at radius 1 is 1.15 bits per heavy atom. The Morgan fingerprint density at radius 3 is 2.52 bits per heavy atom. The number of nitrogens with one attached hydrogen (secondary N) is 2. The van der Waals surface area contributed by atoms with Gasteiger partial charge in [0.05, 0.1) is 16.3 Å². The van der Waals surface area contributed by atoms with E-state index in [0.29, 0.717) is 5.69 Å². The molecule has 1 atom stereocenters. The minimum atomic E-state index is -1.23. The molecule has 27 heavy (non-hydrogen) atoms. The average Bonchev–Trinajstić information content (AvgIpc) is 2.65. The second-order valence-corrected chi connectivity index (χ2v) is 6.27. The number of halogens is 1. The summed E-state index contributed by atoms with van der Waals surface area (Å²) in [5, 5.41) is 6.44. The highest BCUT2D eigenvalue weighted by Crippen LogP contribution is 2.19. The third-order valence-electron chi connectivity index (χ3n) is 3.72. The molecule has 0 radical (unpaired) electrons. The zero-order chi connectivity index (χ0) is 19.4. The van der Waals surface area contributed by atoms with Gasteiger partial charge >= 0.3 is 0 Å². The number of hydrazone groups is 1. The van der Waals surface area contributed by atoms with E-state index >= 15 is 0 Å². The highest BCUT2D eigenvalue weighted by molar-refractivity contribution is 7.80. The van der Waals surface area contributed by atoms with Crippen LogP contribution in [0.15, 0.2) is 59.7 Å².